The molecule has 1 aliphatic rings. The van der Waals surface area contributed by atoms with E-state index >= 15 is 0 Å². The van der Waals surface area contributed by atoms with Crippen LogP contribution in [-0.4, -0.2) is 43.9 Å². The minimum absolute atomic E-state index is 0.133. The molecule has 36 heavy (non-hydrogen) atoms. The minimum atomic E-state index is -0.344. The van der Waals surface area contributed by atoms with Crippen molar-refractivity contribution in [2.45, 2.75) is 6.42 Å². The van der Waals surface area contributed by atoms with E-state index in [1.54, 1.807) is 13.3 Å². The third-order valence-electron chi connectivity index (χ3n) is 6.18. The number of nitrogens with one attached hydrogen (secondary N) is 2. The van der Waals surface area contributed by atoms with E-state index in [1.807, 2.05) is 85.9 Å². The predicted molar refractivity (Wildman–Crippen MR) is 139 cm³/mol. The number of rotatable bonds is 7. The lowest BCUT2D eigenvalue weighted by molar-refractivity contribution is -0.121. The van der Waals surface area contributed by atoms with Crippen LogP contribution in [0.2, 0.25) is 0 Å². The van der Waals surface area contributed by atoms with Gasteiger partial charge in [-0.3, -0.25) is 9.89 Å². The third-order valence-corrected chi connectivity index (χ3v) is 6.18. The Morgan fingerprint density at radius 3 is 2.75 bits per heavy atom. The maximum Gasteiger partial charge on any atom is 0.231 e. The van der Waals surface area contributed by atoms with Crippen LogP contribution in [0.5, 0.6) is 23.0 Å². The van der Waals surface area contributed by atoms with Crippen molar-refractivity contribution in [3.8, 4) is 34.1 Å². The average molecular weight is 485 g/mol. The third kappa shape index (κ3) is 4.98. The molecule has 4 aromatic rings. The molecular weight excluding hydrogens is 456 g/mol. The lowest BCUT2D eigenvalue weighted by Gasteiger charge is -2.25. The van der Waals surface area contributed by atoms with Gasteiger partial charge in [-0.1, -0.05) is 12.1 Å². The van der Waals surface area contributed by atoms with Crippen molar-refractivity contribution in [1.82, 2.24) is 10.2 Å². The van der Waals surface area contributed by atoms with Crippen molar-refractivity contribution in [3.63, 3.8) is 0 Å². The molecule has 1 aliphatic heterocycles. The summed E-state index contributed by atoms with van der Waals surface area (Å²) in [6.45, 7) is 0.305. The lowest BCUT2D eigenvalue weighted by Crippen LogP contribution is -2.32. The Bertz CT molecular complexity index is 1370. The molecule has 2 heterocycles. The molecule has 1 aromatic heterocycles. The average Bonchev–Trinajstić information content (AvgIpc) is 3.44. The van der Waals surface area contributed by atoms with Gasteiger partial charge in [0.05, 0.1) is 24.9 Å². The molecule has 0 spiro atoms. The Morgan fingerprint density at radius 2 is 1.97 bits per heavy atom. The fraction of sp³-hybridized carbons (Fsp3) is 0.214. The molecule has 0 saturated carbocycles. The summed E-state index contributed by atoms with van der Waals surface area (Å²) >= 11 is 0. The number of ether oxygens (including phenoxy) is 3. The molecule has 0 radical (unpaired) electrons. The van der Waals surface area contributed by atoms with Gasteiger partial charge in [-0.2, -0.15) is 5.10 Å². The van der Waals surface area contributed by atoms with E-state index in [2.05, 4.69) is 15.5 Å². The molecule has 0 bridgehead atoms. The van der Waals surface area contributed by atoms with Gasteiger partial charge >= 0.3 is 0 Å². The van der Waals surface area contributed by atoms with Crippen molar-refractivity contribution in [2.24, 2.45) is 5.92 Å². The molecule has 184 valence electrons. The Balaban J connectivity index is 1.41. The summed E-state index contributed by atoms with van der Waals surface area (Å²) in [6, 6.07) is 19.1. The van der Waals surface area contributed by atoms with Crippen molar-refractivity contribution < 1.29 is 19.0 Å². The van der Waals surface area contributed by atoms with Gasteiger partial charge in [-0.25, -0.2) is 0 Å². The number of carbonyl (C=O) groups is 1. The van der Waals surface area contributed by atoms with Gasteiger partial charge in [0.25, 0.3) is 0 Å². The second-order valence-corrected chi connectivity index (χ2v) is 8.87. The number of carbonyl (C=O) groups excluding carboxylic acids is 1. The number of methoxy groups -OCH3 is 1. The van der Waals surface area contributed by atoms with Crippen LogP contribution in [0, 0.1) is 5.92 Å². The maximum absolute atomic E-state index is 13.3. The van der Waals surface area contributed by atoms with Gasteiger partial charge in [0.15, 0.2) is 5.75 Å². The number of H-pyrrole nitrogens is 1. The number of nitrogens with zero attached hydrogens (tertiary/aromatic N) is 2. The van der Waals surface area contributed by atoms with E-state index < -0.39 is 0 Å². The number of hydrogen-bond donors (Lipinski definition) is 2. The van der Waals surface area contributed by atoms with Gasteiger partial charge in [-0.05, 0) is 60.0 Å². The van der Waals surface area contributed by atoms with Gasteiger partial charge < -0.3 is 24.4 Å². The summed E-state index contributed by atoms with van der Waals surface area (Å²) in [6.07, 6.45) is 4.12. The molecule has 0 aliphatic carbocycles. The number of anilines is 2. The Kier molecular flexibility index (Phi) is 6.49. The minimum Gasteiger partial charge on any atom is -0.497 e. The van der Waals surface area contributed by atoms with Gasteiger partial charge in [-0.15, -0.1) is 0 Å². The molecule has 2 N–H and O–H groups in total. The van der Waals surface area contributed by atoms with E-state index in [9.17, 15) is 4.79 Å². The Labute approximate surface area is 209 Å². The van der Waals surface area contributed by atoms with E-state index in [0.29, 0.717) is 30.2 Å². The zero-order valence-electron chi connectivity index (χ0n) is 20.4. The molecule has 0 saturated heterocycles. The topological polar surface area (TPSA) is 88.7 Å². The highest BCUT2D eigenvalue weighted by Crippen LogP contribution is 2.36. The van der Waals surface area contributed by atoms with Crippen molar-refractivity contribution in [1.29, 1.82) is 0 Å². The highest BCUT2D eigenvalue weighted by Gasteiger charge is 2.27. The quantitative estimate of drug-likeness (QED) is 0.378. The zero-order valence-corrected chi connectivity index (χ0v) is 20.4. The van der Waals surface area contributed by atoms with Gasteiger partial charge in [0.2, 0.25) is 5.91 Å². The van der Waals surface area contributed by atoms with E-state index in [1.165, 1.54) is 0 Å². The first-order valence-corrected chi connectivity index (χ1v) is 11.7. The van der Waals surface area contributed by atoms with Crippen LogP contribution in [-0.2, 0) is 11.2 Å². The lowest BCUT2D eigenvalue weighted by atomic mass is 9.95. The Morgan fingerprint density at radius 1 is 1.08 bits per heavy atom. The molecule has 3 aromatic carbocycles. The fourth-order valence-corrected chi connectivity index (χ4v) is 4.15. The van der Waals surface area contributed by atoms with Crippen LogP contribution in [0.3, 0.4) is 0 Å². The van der Waals surface area contributed by atoms with Crippen LogP contribution in [0.25, 0.3) is 11.1 Å². The van der Waals surface area contributed by atoms with Crippen molar-refractivity contribution in [3.05, 3.63) is 78.6 Å². The number of aromatic amines is 1. The number of amides is 1. The Hall–Kier alpha value is -4.46. The summed E-state index contributed by atoms with van der Waals surface area (Å²) in [7, 11) is 5.58. The summed E-state index contributed by atoms with van der Waals surface area (Å²) < 4.78 is 17.5. The zero-order chi connectivity index (χ0) is 25.1. The van der Waals surface area contributed by atoms with Crippen LogP contribution < -0.4 is 24.4 Å². The predicted octanol–water partition coefficient (Wildman–Crippen LogP) is 5.13. The smallest absolute Gasteiger partial charge is 0.231 e. The highest BCUT2D eigenvalue weighted by atomic mass is 16.5. The molecule has 8 nitrogen and oxygen atoms in total. The van der Waals surface area contributed by atoms with Crippen LogP contribution in [0.1, 0.15) is 5.56 Å². The first kappa shape index (κ1) is 23.3. The summed E-state index contributed by atoms with van der Waals surface area (Å²) in [5, 5.41) is 9.94. The molecule has 1 unspecified atom stereocenters. The maximum atomic E-state index is 13.3. The van der Waals surface area contributed by atoms with Gasteiger partial charge in [0, 0.05) is 37.6 Å². The van der Waals surface area contributed by atoms with Crippen LogP contribution >= 0.6 is 0 Å². The molecule has 8 heteroatoms. The first-order valence-electron chi connectivity index (χ1n) is 11.7. The number of fused-ring (bicyclic) bond motifs is 1. The van der Waals surface area contributed by atoms with E-state index in [-0.39, 0.29) is 11.8 Å². The van der Waals surface area contributed by atoms with Crippen molar-refractivity contribution >= 4 is 17.3 Å². The standard InChI is InChI=1S/C28H28N4O4/c1-32(2)22-5-4-6-24(14-22)36-27-13-18(21-15-29-30-16-21)7-9-25(27)31-28(33)20-11-19-12-23(34-3)8-10-26(19)35-17-20/h4-10,12-16,20H,11,17H2,1-3H3,(H,29,30)(H,31,33). The molecule has 0 fully saturated rings. The van der Waals surface area contributed by atoms with E-state index in [4.69, 9.17) is 14.2 Å². The summed E-state index contributed by atoms with van der Waals surface area (Å²) in [5.74, 6) is 2.26. The van der Waals surface area contributed by atoms with Crippen molar-refractivity contribution in [2.75, 3.05) is 38.0 Å². The molecular formula is C28H28N4O4. The van der Waals surface area contributed by atoms with Crippen LogP contribution in [0.4, 0.5) is 11.4 Å². The molecule has 1 amide bonds. The second-order valence-electron chi connectivity index (χ2n) is 8.87. The van der Waals surface area contributed by atoms with Gasteiger partial charge in [0.1, 0.15) is 23.9 Å². The largest absolute Gasteiger partial charge is 0.497 e. The fourth-order valence-electron chi connectivity index (χ4n) is 4.15. The molecule has 1 atom stereocenters. The van der Waals surface area contributed by atoms with Crippen LogP contribution in [0.15, 0.2) is 73.1 Å². The second kappa shape index (κ2) is 10.0. The summed E-state index contributed by atoms with van der Waals surface area (Å²) in [5.41, 5.74) is 4.39. The number of aromatic nitrogens is 2. The summed E-state index contributed by atoms with van der Waals surface area (Å²) in [4.78, 5) is 15.3. The molecule has 5 rings (SSSR count). The first-order chi connectivity index (χ1) is 17.5. The van der Waals surface area contributed by atoms with E-state index in [0.717, 1.165) is 33.9 Å². The normalized spacial score (nSPS) is 14.4. The SMILES string of the molecule is COc1ccc2c(c1)CC(C(=O)Nc1ccc(-c3cn[nH]c3)cc1Oc1cccc(N(C)C)c1)CO2. The highest BCUT2D eigenvalue weighted by molar-refractivity contribution is 5.95. The number of hydrogen-bond acceptors (Lipinski definition) is 6. The number of benzene rings is 3. The monoisotopic (exact) mass is 484 g/mol.